The third-order valence-corrected chi connectivity index (χ3v) is 10.8. The van der Waals surface area contributed by atoms with E-state index in [1.807, 2.05) is 48.5 Å². The van der Waals surface area contributed by atoms with Crippen LogP contribution in [0, 0.1) is 0 Å². The fourth-order valence-corrected chi connectivity index (χ4v) is 7.35. The molecule has 284 valence electrons. The lowest BCUT2D eigenvalue weighted by Gasteiger charge is -2.45. The Morgan fingerprint density at radius 1 is 0.596 bits per heavy atom. The third-order valence-electron chi connectivity index (χ3n) is 8.02. The van der Waals surface area contributed by atoms with Crippen LogP contribution in [0.25, 0.3) is 0 Å². The van der Waals surface area contributed by atoms with Crippen LogP contribution >= 0.6 is 47.5 Å². The normalized spacial score (nSPS) is 15.8. The lowest BCUT2D eigenvalue weighted by molar-refractivity contribution is -0.161. The van der Waals surface area contributed by atoms with Crippen LogP contribution in [0.3, 0.4) is 0 Å². The Balaban J connectivity index is 1.79. The molecular weight excluding hydrogens is 741 g/mol. The van der Waals surface area contributed by atoms with Crippen LogP contribution in [-0.2, 0) is 41.6 Å². The molecule has 2 aromatic carbocycles. The molecule has 1 heterocycles. The topological polar surface area (TPSA) is 120 Å². The molecule has 0 spiro atoms. The molecule has 3 rings (SSSR count). The van der Waals surface area contributed by atoms with Gasteiger partial charge >= 0.3 is 0 Å². The maximum Gasteiger partial charge on any atom is 0.246 e. The summed E-state index contributed by atoms with van der Waals surface area (Å²) in [6.07, 6.45) is 3.23. The van der Waals surface area contributed by atoms with Crippen molar-refractivity contribution in [2.75, 3.05) is 50.2 Å². The van der Waals surface area contributed by atoms with Gasteiger partial charge in [0.2, 0.25) is 11.8 Å². The first-order valence-electron chi connectivity index (χ1n) is 17.5. The zero-order chi connectivity index (χ0) is 37.9. The molecule has 1 aliphatic rings. The number of ether oxygens (including phenoxy) is 3. The molecule has 2 aromatic rings. The van der Waals surface area contributed by atoms with Gasteiger partial charge in [0.15, 0.2) is 20.4 Å². The van der Waals surface area contributed by atoms with Gasteiger partial charge < -0.3 is 24.0 Å². The largest absolute Gasteiger partial charge is 0.494 e. The van der Waals surface area contributed by atoms with Crippen LogP contribution in [0.1, 0.15) is 64.5 Å². The second-order valence-electron chi connectivity index (χ2n) is 12.3. The van der Waals surface area contributed by atoms with Crippen molar-refractivity contribution >= 4 is 79.7 Å². The highest BCUT2D eigenvalue weighted by Crippen LogP contribution is 2.27. The van der Waals surface area contributed by atoms with E-state index in [2.05, 4.69) is 0 Å². The lowest BCUT2D eigenvalue weighted by atomic mass is 9.94. The molecule has 0 aromatic heterocycles. The summed E-state index contributed by atoms with van der Waals surface area (Å²) in [5.74, 6) is 3.08. The van der Waals surface area contributed by atoms with Crippen LogP contribution in [0.4, 0.5) is 0 Å². The number of amides is 2. The molecule has 1 aliphatic heterocycles. The van der Waals surface area contributed by atoms with Gasteiger partial charge in [-0.3, -0.25) is 24.0 Å². The number of thiocarbonyl (C=S) groups is 1. The zero-order valence-electron chi connectivity index (χ0n) is 30.5. The van der Waals surface area contributed by atoms with Crippen molar-refractivity contribution in [1.82, 2.24) is 9.80 Å². The fourth-order valence-electron chi connectivity index (χ4n) is 5.61. The summed E-state index contributed by atoms with van der Waals surface area (Å²) in [7, 11) is 0. The number of rotatable bonds is 22. The molecule has 10 nitrogen and oxygen atoms in total. The highest BCUT2D eigenvalue weighted by atomic mass is 32.2. The summed E-state index contributed by atoms with van der Waals surface area (Å²) in [6.45, 7) is 8.32. The molecule has 0 unspecified atom stereocenters. The minimum atomic E-state index is -0.717. The van der Waals surface area contributed by atoms with Crippen molar-refractivity contribution < 1.29 is 38.2 Å². The van der Waals surface area contributed by atoms with E-state index >= 15 is 0 Å². The number of thioether (sulfide) groups is 3. The van der Waals surface area contributed by atoms with Crippen molar-refractivity contribution in [2.45, 2.75) is 78.3 Å². The quantitative estimate of drug-likeness (QED) is 0.0970. The number of benzene rings is 2. The summed E-state index contributed by atoms with van der Waals surface area (Å²) in [6, 6.07) is 13.7. The Hall–Kier alpha value is -3.07. The van der Waals surface area contributed by atoms with Crippen LogP contribution < -0.4 is 9.47 Å². The zero-order valence-corrected chi connectivity index (χ0v) is 33.7. The Kier molecular flexibility index (Phi) is 19.6. The van der Waals surface area contributed by atoms with E-state index in [4.69, 9.17) is 26.4 Å². The highest BCUT2D eigenvalue weighted by Gasteiger charge is 2.45. The van der Waals surface area contributed by atoms with Crippen molar-refractivity contribution in [3.05, 3.63) is 59.7 Å². The van der Waals surface area contributed by atoms with E-state index in [9.17, 15) is 24.0 Å². The molecule has 0 bridgehead atoms. The maximum absolute atomic E-state index is 14.5. The van der Waals surface area contributed by atoms with Gasteiger partial charge in [0.05, 0.1) is 19.8 Å². The van der Waals surface area contributed by atoms with Gasteiger partial charge in [0.25, 0.3) is 0 Å². The number of piperazine rings is 1. The number of nitrogens with zero attached hydrogens (tertiary/aromatic N) is 2. The first kappa shape index (κ1) is 43.3. The summed E-state index contributed by atoms with van der Waals surface area (Å²) in [5, 5.41) is 0.609. The Labute approximate surface area is 325 Å². The second-order valence-corrected chi connectivity index (χ2v) is 16.7. The molecule has 0 saturated carbocycles. The molecule has 0 N–H and O–H groups in total. The highest BCUT2D eigenvalue weighted by molar-refractivity contribution is 8.14. The Bertz CT molecular complexity index is 1380. The van der Waals surface area contributed by atoms with Gasteiger partial charge in [0, 0.05) is 70.9 Å². The molecule has 52 heavy (non-hydrogen) atoms. The molecule has 2 amide bonds. The molecule has 2 atom stereocenters. The number of hydrogen-bond acceptors (Lipinski definition) is 12. The molecule has 0 radical (unpaired) electrons. The summed E-state index contributed by atoms with van der Waals surface area (Å²) in [4.78, 5) is 66.3. The smallest absolute Gasteiger partial charge is 0.246 e. The van der Waals surface area contributed by atoms with Crippen molar-refractivity contribution in [1.29, 1.82) is 0 Å². The van der Waals surface area contributed by atoms with Crippen molar-refractivity contribution in [3.63, 3.8) is 0 Å². The fraction of sp³-hybridized carbons (Fsp3) is 0.526. The van der Waals surface area contributed by atoms with Crippen LogP contribution in [0.5, 0.6) is 11.5 Å². The molecule has 14 heteroatoms. The van der Waals surface area contributed by atoms with E-state index in [1.165, 1.54) is 42.2 Å². The van der Waals surface area contributed by atoms with Gasteiger partial charge in [-0.05, 0) is 73.3 Å². The summed E-state index contributed by atoms with van der Waals surface area (Å²) in [5.41, 5.74) is 1.78. The van der Waals surface area contributed by atoms with Gasteiger partial charge in [0.1, 0.15) is 23.6 Å². The average Bonchev–Trinajstić information content (AvgIpc) is 3.09. The minimum absolute atomic E-state index is 0.0118. The van der Waals surface area contributed by atoms with E-state index in [1.54, 1.807) is 30.6 Å². The van der Waals surface area contributed by atoms with Crippen molar-refractivity contribution in [2.24, 2.45) is 0 Å². The lowest BCUT2D eigenvalue weighted by Crippen LogP contribution is -2.66. The third kappa shape index (κ3) is 15.9. The predicted octanol–water partition coefficient (Wildman–Crippen LogP) is 6.40. The summed E-state index contributed by atoms with van der Waals surface area (Å²) >= 11 is 8.84. The predicted molar refractivity (Wildman–Crippen MR) is 214 cm³/mol. The Morgan fingerprint density at radius 2 is 0.981 bits per heavy atom. The van der Waals surface area contributed by atoms with E-state index in [0.29, 0.717) is 92.4 Å². The van der Waals surface area contributed by atoms with Gasteiger partial charge in [-0.1, -0.05) is 59.6 Å². The number of carbonyl (C=O) groups excluding carboxylic acids is 5. The monoisotopic (exact) mass is 790 g/mol. The SMILES string of the molecule is CC(=O)SCCCOc1ccc(C[C@H]2C(=O)N(CCCSC(C)=O)[C@@H](Cc3ccc(OCCCSC(C)=O)cc3)C(=O)N2CCCOC(C)=S)cc1. The summed E-state index contributed by atoms with van der Waals surface area (Å²) < 4.78 is 17.2. The molecular formula is C38H50N2O8S4. The maximum atomic E-state index is 14.5. The van der Waals surface area contributed by atoms with E-state index in [0.717, 1.165) is 24.0 Å². The van der Waals surface area contributed by atoms with Crippen molar-refractivity contribution in [3.8, 4) is 11.5 Å². The van der Waals surface area contributed by atoms with Gasteiger partial charge in [-0.15, -0.1) is 0 Å². The standard InChI is InChI=1S/C38H50N2O8S4/c1-27(41)50-22-6-18-40-36(26-32-11-15-34(16-12-32)48-21-8-24-52-29(3)43)37(44)39(17-5-19-46-30(4)49)35(38(40)45)25-31-9-13-33(14-10-31)47-20-7-23-51-28(2)42/h9-16,35-36H,5-8,17-26H2,1-4H3/t35-,36-/m0/s1. The second kappa shape index (κ2) is 23.6. The first-order chi connectivity index (χ1) is 24.9. The number of hydrogen-bond donors (Lipinski definition) is 0. The Morgan fingerprint density at radius 3 is 1.37 bits per heavy atom. The minimum Gasteiger partial charge on any atom is -0.494 e. The number of carbonyl (C=O) groups is 5. The van der Waals surface area contributed by atoms with E-state index in [-0.39, 0.29) is 27.2 Å². The van der Waals surface area contributed by atoms with E-state index < -0.39 is 12.1 Å². The molecule has 1 saturated heterocycles. The molecule has 1 fully saturated rings. The van der Waals surface area contributed by atoms with Gasteiger partial charge in [-0.25, -0.2) is 0 Å². The average molecular weight is 791 g/mol. The molecule has 0 aliphatic carbocycles. The first-order valence-corrected chi connectivity index (χ1v) is 20.9. The van der Waals surface area contributed by atoms with Crippen LogP contribution in [0.15, 0.2) is 48.5 Å². The van der Waals surface area contributed by atoms with Gasteiger partial charge in [-0.2, -0.15) is 0 Å². The van der Waals surface area contributed by atoms with Crippen LogP contribution in [-0.4, -0.2) is 104 Å². The van der Waals surface area contributed by atoms with Crippen LogP contribution in [0.2, 0.25) is 0 Å².